The van der Waals surface area contributed by atoms with Crippen LogP contribution in [0.4, 0.5) is 4.39 Å². The Kier molecular flexibility index (Phi) is 3.40. The number of aliphatic carboxylic acids is 1. The molecular weight excluding hydrogens is 257 g/mol. The molecule has 0 aromatic heterocycles. The third-order valence-electron chi connectivity index (χ3n) is 3.99. The predicted octanol–water partition coefficient (Wildman–Crippen LogP) is 2.58. The molecule has 2 unspecified atom stereocenters. The van der Waals surface area contributed by atoms with E-state index in [9.17, 15) is 9.18 Å². The highest BCUT2D eigenvalue weighted by atomic mass is 19.1. The second-order valence-electron chi connectivity index (χ2n) is 5.36. The van der Waals surface area contributed by atoms with Crippen LogP contribution in [0.25, 0.3) is 10.8 Å². The number of hydrogen-bond acceptors (Lipinski definition) is 2. The number of rotatable bonds is 3. The molecule has 0 radical (unpaired) electrons. The van der Waals surface area contributed by atoms with Gasteiger partial charge in [0.25, 0.3) is 0 Å². The number of carboxylic acids is 1. The maximum atomic E-state index is 13.8. The zero-order valence-electron chi connectivity index (χ0n) is 11.0. The molecule has 0 saturated carbocycles. The van der Waals surface area contributed by atoms with Crippen LogP contribution in [0.15, 0.2) is 36.4 Å². The molecule has 1 aliphatic heterocycles. The van der Waals surface area contributed by atoms with Crippen molar-refractivity contribution < 1.29 is 14.3 Å². The van der Waals surface area contributed by atoms with Crippen molar-refractivity contribution in [3.63, 3.8) is 0 Å². The molecule has 1 fully saturated rings. The zero-order chi connectivity index (χ0) is 14.1. The van der Waals surface area contributed by atoms with Crippen LogP contribution in [0.5, 0.6) is 0 Å². The van der Waals surface area contributed by atoms with Crippen LogP contribution in [0.2, 0.25) is 0 Å². The van der Waals surface area contributed by atoms with E-state index in [0.29, 0.717) is 18.4 Å². The SMILES string of the molecule is O=C(O)C1CC(Cc2ccc(F)c3ccccc23)CN1. The van der Waals surface area contributed by atoms with E-state index in [-0.39, 0.29) is 11.7 Å². The summed E-state index contributed by atoms with van der Waals surface area (Å²) in [4.78, 5) is 10.9. The van der Waals surface area contributed by atoms with E-state index in [2.05, 4.69) is 5.32 Å². The summed E-state index contributed by atoms with van der Waals surface area (Å²) in [5.41, 5.74) is 1.08. The Labute approximate surface area is 116 Å². The van der Waals surface area contributed by atoms with Gasteiger partial charge in [-0.05, 0) is 42.3 Å². The second-order valence-corrected chi connectivity index (χ2v) is 5.36. The minimum Gasteiger partial charge on any atom is -0.480 e. The first-order valence-corrected chi connectivity index (χ1v) is 6.77. The van der Waals surface area contributed by atoms with Gasteiger partial charge in [0.2, 0.25) is 0 Å². The molecule has 20 heavy (non-hydrogen) atoms. The van der Waals surface area contributed by atoms with Crippen molar-refractivity contribution in [2.24, 2.45) is 5.92 Å². The molecule has 2 aromatic rings. The smallest absolute Gasteiger partial charge is 0.320 e. The lowest BCUT2D eigenvalue weighted by Gasteiger charge is -2.12. The zero-order valence-corrected chi connectivity index (χ0v) is 11.0. The first-order chi connectivity index (χ1) is 9.65. The molecule has 3 rings (SSSR count). The van der Waals surface area contributed by atoms with Gasteiger partial charge >= 0.3 is 5.97 Å². The number of hydrogen-bond donors (Lipinski definition) is 2. The van der Waals surface area contributed by atoms with Crippen LogP contribution < -0.4 is 5.32 Å². The lowest BCUT2D eigenvalue weighted by molar-refractivity contribution is -0.139. The number of carboxylic acid groups (broad SMARTS) is 1. The van der Waals surface area contributed by atoms with Gasteiger partial charge in [-0.1, -0.05) is 30.3 Å². The van der Waals surface area contributed by atoms with Crippen molar-refractivity contribution in [3.05, 3.63) is 47.8 Å². The molecule has 4 heteroatoms. The third-order valence-corrected chi connectivity index (χ3v) is 3.99. The van der Waals surface area contributed by atoms with Crippen LogP contribution >= 0.6 is 0 Å². The first-order valence-electron chi connectivity index (χ1n) is 6.77. The normalized spacial score (nSPS) is 22.2. The summed E-state index contributed by atoms with van der Waals surface area (Å²) < 4.78 is 13.8. The standard InChI is InChI=1S/C16H16FNO2/c17-14-6-5-11(12-3-1-2-4-13(12)14)7-10-8-15(16(19)20)18-9-10/h1-6,10,15,18H,7-9H2,(H,19,20). The summed E-state index contributed by atoms with van der Waals surface area (Å²) in [5.74, 6) is -0.723. The molecule has 1 saturated heterocycles. The second kappa shape index (κ2) is 5.21. The molecule has 2 N–H and O–H groups in total. The maximum Gasteiger partial charge on any atom is 0.320 e. The summed E-state index contributed by atoms with van der Waals surface area (Å²) in [6.45, 7) is 0.697. The molecule has 1 heterocycles. The average Bonchev–Trinajstić information content (AvgIpc) is 2.91. The Morgan fingerprint density at radius 1 is 1.25 bits per heavy atom. The molecule has 3 nitrogen and oxygen atoms in total. The van der Waals surface area contributed by atoms with E-state index in [1.807, 2.05) is 24.3 Å². The van der Waals surface area contributed by atoms with Crippen LogP contribution in [0.3, 0.4) is 0 Å². The fraction of sp³-hybridized carbons (Fsp3) is 0.312. The Hall–Kier alpha value is -1.94. The van der Waals surface area contributed by atoms with Gasteiger partial charge in [-0.3, -0.25) is 4.79 Å². The molecule has 2 atom stereocenters. The van der Waals surface area contributed by atoms with Crippen molar-refractivity contribution in [2.45, 2.75) is 18.9 Å². The highest BCUT2D eigenvalue weighted by Crippen LogP contribution is 2.26. The van der Waals surface area contributed by atoms with Gasteiger partial charge < -0.3 is 10.4 Å². The van der Waals surface area contributed by atoms with Gasteiger partial charge in [-0.15, -0.1) is 0 Å². The summed E-state index contributed by atoms with van der Waals surface area (Å²) in [5, 5.41) is 13.6. The Bertz CT molecular complexity index is 656. The molecule has 1 aliphatic rings. The maximum absolute atomic E-state index is 13.8. The van der Waals surface area contributed by atoms with Crippen molar-refractivity contribution in [3.8, 4) is 0 Å². The first kappa shape index (κ1) is 13.1. The summed E-state index contributed by atoms with van der Waals surface area (Å²) in [6.07, 6.45) is 1.40. The molecule has 0 amide bonds. The predicted molar refractivity (Wildman–Crippen MR) is 75.1 cm³/mol. The van der Waals surface area contributed by atoms with E-state index in [1.54, 1.807) is 6.07 Å². The van der Waals surface area contributed by atoms with Gasteiger partial charge in [-0.25, -0.2) is 4.39 Å². The van der Waals surface area contributed by atoms with E-state index in [0.717, 1.165) is 17.4 Å². The van der Waals surface area contributed by atoms with Crippen LogP contribution in [0.1, 0.15) is 12.0 Å². The van der Waals surface area contributed by atoms with Crippen LogP contribution in [-0.4, -0.2) is 23.7 Å². The Morgan fingerprint density at radius 3 is 2.70 bits per heavy atom. The summed E-state index contributed by atoms with van der Waals surface area (Å²) in [6, 6.07) is 10.3. The van der Waals surface area contributed by atoms with Gasteiger partial charge in [0, 0.05) is 5.39 Å². The third kappa shape index (κ3) is 2.39. The minimum atomic E-state index is -0.795. The largest absolute Gasteiger partial charge is 0.480 e. The van der Waals surface area contributed by atoms with Gasteiger partial charge in [0.05, 0.1) is 0 Å². The van der Waals surface area contributed by atoms with E-state index >= 15 is 0 Å². The number of benzene rings is 2. The topological polar surface area (TPSA) is 49.3 Å². The lowest BCUT2D eigenvalue weighted by atomic mass is 9.93. The van der Waals surface area contributed by atoms with E-state index in [4.69, 9.17) is 5.11 Å². The highest BCUT2D eigenvalue weighted by Gasteiger charge is 2.29. The van der Waals surface area contributed by atoms with Gasteiger partial charge in [0.15, 0.2) is 0 Å². The monoisotopic (exact) mass is 273 g/mol. The van der Waals surface area contributed by atoms with Gasteiger partial charge in [0.1, 0.15) is 11.9 Å². The summed E-state index contributed by atoms with van der Waals surface area (Å²) in [7, 11) is 0. The molecule has 0 bridgehead atoms. The van der Waals surface area contributed by atoms with Crippen LogP contribution in [-0.2, 0) is 11.2 Å². The average molecular weight is 273 g/mol. The van der Waals surface area contributed by atoms with Crippen LogP contribution in [0, 0.1) is 11.7 Å². The van der Waals surface area contributed by atoms with E-state index in [1.165, 1.54) is 6.07 Å². The molecule has 2 aromatic carbocycles. The minimum absolute atomic E-state index is 0.211. The quantitative estimate of drug-likeness (QED) is 0.903. The van der Waals surface area contributed by atoms with Crippen molar-refractivity contribution in [2.75, 3.05) is 6.54 Å². The summed E-state index contributed by atoms with van der Waals surface area (Å²) >= 11 is 0. The molecule has 0 aliphatic carbocycles. The number of nitrogens with one attached hydrogen (secondary N) is 1. The van der Waals surface area contributed by atoms with E-state index < -0.39 is 12.0 Å². The Morgan fingerprint density at radius 2 is 2.00 bits per heavy atom. The highest BCUT2D eigenvalue weighted by molar-refractivity contribution is 5.86. The number of carbonyl (C=O) groups is 1. The van der Waals surface area contributed by atoms with Gasteiger partial charge in [-0.2, -0.15) is 0 Å². The number of halogens is 1. The fourth-order valence-corrected chi connectivity index (χ4v) is 2.97. The molecule has 0 spiro atoms. The van der Waals surface area contributed by atoms with Crippen molar-refractivity contribution >= 4 is 16.7 Å². The number of fused-ring (bicyclic) bond motifs is 1. The van der Waals surface area contributed by atoms with Crippen molar-refractivity contribution in [1.82, 2.24) is 5.32 Å². The Balaban J connectivity index is 1.85. The molecule has 104 valence electrons. The fourth-order valence-electron chi connectivity index (χ4n) is 2.97. The lowest BCUT2D eigenvalue weighted by Crippen LogP contribution is -2.29. The molecular formula is C16H16FNO2. The van der Waals surface area contributed by atoms with Crippen molar-refractivity contribution in [1.29, 1.82) is 0 Å².